The Labute approximate surface area is 184 Å². The Morgan fingerprint density at radius 1 is 1.00 bits per heavy atom. The summed E-state index contributed by atoms with van der Waals surface area (Å²) in [5, 5.41) is 5.11. The van der Waals surface area contributed by atoms with Crippen LogP contribution in [0.15, 0.2) is 60.7 Å². The smallest absolute Gasteiger partial charge is 0.244 e. The fourth-order valence-corrected chi connectivity index (χ4v) is 3.73. The highest BCUT2D eigenvalue weighted by Gasteiger charge is 2.26. The Morgan fingerprint density at radius 3 is 2.45 bits per heavy atom. The fourth-order valence-electron chi connectivity index (χ4n) is 3.73. The molecule has 0 bridgehead atoms. The van der Waals surface area contributed by atoms with Gasteiger partial charge in [-0.2, -0.15) is 0 Å². The van der Waals surface area contributed by atoms with Gasteiger partial charge in [0, 0.05) is 17.6 Å². The molecule has 0 fully saturated rings. The lowest BCUT2D eigenvalue weighted by Crippen LogP contribution is -2.48. The van der Waals surface area contributed by atoms with E-state index in [1.807, 2.05) is 95.4 Å². The number of benzene rings is 3. The van der Waals surface area contributed by atoms with Crippen LogP contribution in [0.4, 0.5) is 11.4 Å². The van der Waals surface area contributed by atoms with Crippen molar-refractivity contribution < 1.29 is 9.59 Å². The van der Waals surface area contributed by atoms with Crippen molar-refractivity contribution in [3.63, 3.8) is 0 Å². The maximum atomic E-state index is 13.4. The van der Waals surface area contributed by atoms with Crippen molar-refractivity contribution in [1.29, 1.82) is 0 Å². The molecule has 2 amide bonds. The van der Waals surface area contributed by atoms with Gasteiger partial charge in [0.1, 0.15) is 0 Å². The number of nitrogens with zero attached hydrogens (tertiary/aromatic N) is 2. The molecule has 0 aliphatic rings. The second kappa shape index (κ2) is 9.75. The largest absolute Gasteiger partial charge is 0.325 e. The summed E-state index contributed by atoms with van der Waals surface area (Å²) in [4.78, 5) is 29.6. The summed E-state index contributed by atoms with van der Waals surface area (Å²) in [7, 11) is 1.81. The predicted octanol–water partition coefficient (Wildman–Crippen LogP) is 4.77. The summed E-state index contributed by atoms with van der Waals surface area (Å²) < 4.78 is 0. The van der Waals surface area contributed by atoms with E-state index in [1.54, 1.807) is 9.80 Å². The molecule has 0 heterocycles. The molecule has 0 spiro atoms. The van der Waals surface area contributed by atoms with Gasteiger partial charge >= 0.3 is 0 Å². The van der Waals surface area contributed by atoms with E-state index in [4.69, 9.17) is 0 Å². The molecule has 3 rings (SSSR count). The van der Waals surface area contributed by atoms with Crippen LogP contribution in [0.3, 0.4) is 0 Å². The maximum Gasteiger partial charge on any atom is 0.244 e. The highest BCUT2D eigenvalue weighted by atomic mass is 16.2. The number of anilines is 2. The molecule has 5 heteroatoms. The first-order chi connectivity index (χ1) is 14.8. The first-order valence-corrected chi connectivity index (χ1v) is 10.7. The zero-order valence-electron chi connectivity index (χ0n) is 19.0. The number of carbonyl (C=O) groups is 2. The van der Waals surface area contributed by atoms with Crippen molar-refractivity contribution in [2.75, 3.05) is 30.4 Å². The zero-order chi connectivity index (χ0) is 22.5. The average molecular weight is 418 g/mol. The summed E-state index contributed by atoms with van der Waals surface area (Å²) in [5.74, 6) is -0.162. The number of carbonyl (C=O) groups excluding carboxylic acids is 2. The number of amides is 2. The van der Waals surface area contributed by atoms with Crippen LogP contribution < -0.4 is 10.2 Å². The summed E-state index contributed by atoms with van der Waals surface area (Å²) in [6.45, 7) is 8.47. The van der Waals surface area contributed by atoms with Crippen molar-refractivity contribution in [3.8, 4) is 0 Å². The van der Waals surface area contributed by atoms with Gasteiger partial charge in [-0.3, -0.25) is 14.5 Å². The van der Waals surface area contributed by atoms with Gasteiger partial charge < -0.3 is 10.2 Å². The first kappa shape index (κ1) is 22.5. The highest BCUT2D eigenvalue weighted by molar-refractivity contribution is 6.05. The Hall–Kier alpha value is -3.18. The van der Waals surface area contributed by atoms with Crippen molar-refractivity contribution in [3.05, 3.63) is 71.8 Å². The standard InChI is InChI=1S/C26H31N3O2/c1-6-29(24-13-9-11-21-10-7-8-12-22(21)24)26(31)20(4)28(5)17-25(30)27-23-16-18(2)14-15-19(23)3/h7-16,20H,6,17H2,1-5H3,(H,27,30)/t20-/m1/s1. The monoisotopic (exact) mass is 417 g/mol. The van der Waals surface area contributed by atoms with Gasteiger partial charge in [-0.1, -0.05) is 48.5 Å². The Morgan fingerprint density at radius 2 is 1.71 bits per heavy atom. The number of nitrogens with one attached hydrogen (secondary N) is 1. The molecule has 162 valence electrons. The second-order valence-corrected chi connectivity index (χ2v) is 8.04. The average Bonchev–Trinajstić information content (AvgIpc) is 2.76. The summed E-state index contributed by atoms with van der Waals surface area (Å²) in [6, 6.07) is 19.6. The van der Waals surface area contributed by atoms with Gasteiger partial charge in [-0.05, 0) is 63.4 Å². The van der Waals surface area contributed by atoms with Gasteiger partial charge in [0.2, 0.25) is 11.8 Å². The minimum Gasteiger partial charge on any atom is -0.325 e. The second-order valence-electron chi connectivity index (χ2n) is 8.04. The van der Waals surface area contributed by atoms with E-state index in [0.29, 0.717) is 6.54 Å². The number of aryl methyl sites for hydroxylation is 2. The molecule has 5 nitrogen and oxygen atoms in total. The lowest BCUT2D eigenvalue weighted by Gasteiger charge is -2.30. The summed E-state index contributed by atoms with van der Waals surface area (Å²) in [6.07, 6.45) is 0. The topological polar surface area (TPSA) is 52.7 Å². The van der Waals surface area contributed by atoms with Crippen LogP contribution in [-0.2, 0) is 9.59 Å². The molecule has 0 aliphatic heterocycles. The van der Waals surface area contributed by atoms with Crippen LogP contribution in [0, 0.1) is 13.8 Å². The maximum absolute atomic E-state index is 13.4. The molecule has 0 unspecified atom stereocenters. The van der Waals surface area contributed by atoms with Gasteiger partial charge in [-0.25, -0.2) is 0 Å². The van der Waals surface area contributed by atoms with Crippen LogP contribution in [0.5, 0.6) is 0 Å². The minimum atomic E-state index is -0.441. The number of hydrogen-bond acceptors (Lipinski definition) is 3. The molecule has 3 aromatic rings. The van der Waals surface area contributed by atoms with E-state index in [1.165, 1.54) is 0 Å². The van der Waals surface area contributed by atoms with Crippen molar-refractivity contribution >= 4 is 34.0 Å². The molecule has 1 atom stereocenters. The van der Waals surface area contributed by atoms with Gasteiger partial charge in [-0.15, -0.1) is 0 Å². The molecule has 0 aromatic heterocycles. The molecular formula is C26H31N3O2. The van der Waals surface area contributed by atoms with Crippen molar-refractivity contribution in [2.45, 2.75) is 33.7 Å². The zero-order valence-corrected chi connectivity index (χ0v) is 19.0. The lowest BCUT2D eigenvalue weighted by molar-refractivity contribution is -0.124. The third-order valence-electron chi connectivity index (χ3n) is 5.72. The normalized spacial score (nSPS) is 12.1. The summed E-state index contributed by atoms with van der Waals surface area (Å²) in [5.41, 5.74) is 3.80. The van der Waals surface area contributed by atoms with E-state index < -0.39 is 6.04 Å². The third kappa shape index (κ3) is 5.12. The van der Waals surface area contributed by atoms with Crippen molar-refractivity contribution in [1.82, 2.24) is 4.90 Å². The third-order valence-corrected chi connectivity index (χ3v) is 5.72. The van der Waals surface area contributed by atoms with Crippen LogP contribution in [0.25, 0.3) is 10.8 Å². The molecular weight excluding hydrogens is 386 g/mol. The molecule has 0 radical (unpaired) electrons. The fraction of sp³-hybridized carbons (Fsp3) is 0.308. The van der Waals surface area contributed by atoms with Gasteiger partial charge in [0.15, 0.2) is 0 Å². The lowest BCUT2D eigenvalue weighted by atomic mass is 10.1. The predicted molar refractivity (Wildman–Crippen MR) is 129 cm³/mol. The molecule has 0 saturated carbocycles. The van der Waals surface area contributed by atoms with Crippen LogP contribution in [0.2, 0.25) is 0 Å². The molecule has 31 heavy (non-hydrogen) atoms. The quantitative estimate of drug-likeness (QED) is 0.603. The van der Waals surface area contributed by atoms with Crippen molar-refractivity contribution in [2.24, 2.45) is 0 Å². The number of fused-ring (bicyclic) bond motifs is 1. The number of likely N-dealkylation sites (N-methyl/N-ethyl adjacent to an activating group) is 2. The Balaban J connectivity index is 1.72. The molecule has 0 saturated heterocycles. The SMILES string of the molecule is CCN(C(=O)[C@@H](C)N(C)CC(=O)Nc1cc(C)ccc1C)c1cccc2ccccc12. The Kier molecular flexibility index (Phi) is 7.08. The van der Waals surface area contributed by atoms with Crippen LogP contribution in [0.1, 0.15) is 25.0 Å². The van der Waals surface area contributed by atoms with Gasteiger partial charge in [0.05, 0.1) is 18.3 Å². The molecule has 3 aromatic carbocycles. The van der Waals surface area contributed by atoms with E-state index in [2.05, 4.69) is 5.32 Å². The molecule has 1 N–H and O–H groups in total. The first-order valence-electron chi connectivity index (χ1n) is 10.7. The van der Waals surface area contributed by atoms with E-state index in [0.717, 1.165) is 33.3 Å². The number of rotatable bonds is 7. The Bertz CT molecular complexity index is 1090. The molecule has 0 aliphatic carbocycles. The summed E-state index contributed by atoms with van der Waals surface area (Å²) >= 11 is 0. The minimum absolute atomic E-state index is 0.0270. The van der Waals surface area contributed by atoms with Crippen LogP contribution in [-0.4, -0.2) is 42.9 Å². The van der Waals surface area contributed by atoms with E-state index in [-0.39, 0.29) is 18.4 Å². The van der Waals surface area contributed by atoms with E-state index >= 15 is 0 Å². The van der Waals surface area contributed by atoms with Crippen LogP contribution >= 0.6 is 0 Å². The highest BCUT2D eigenvalue weighted by Crippen LogP contribution is 2.27. The van der Waals surface area contributed by atoms with Gasteiger partial charge in [0.25, 0.3) is 0 Å². The van der Waals surface area contributed by atoms with E-state index in [9.17, 15) is 9.59 Å². The number of hydrogen-bond donors (Lipinski definition) is 1.